The van der Waals surface area contributed by atoms with Crippen LogP contribution in [0.15, 0.2) is 28.2 Å². The van der Waals surface area contributed by atoms with Crippen molar-refractivity contribution >= 4 is 34.1 Å². The molecule has 0 saturated carbocycles. The van der Waals surface area contributed by atoms with Gasteiger partial charge in [-0.15, -0.1) is 11.3 Å². The Morgan fingerprint density at radius 1 is 1.62 bits per heavy atom. The highest BCUT2D eigenvalue weighted by molar-refractivity contribution is 7.13. The summed E-state index contributed by atoms with van der Waals surface area (Å²) >= 11 is 1.19. The van der Waals surface area contributed by atoms with E-state index in [1.807, 2.05) is 0 Å². The first kappa shape index (κ1) is 10.4. The maximum absolute atomic E-state index is 11.0. The molecule has 6 heteroatoms. The summed E-state index contributed by atoms with van der Waals surface area (Å²) in [6.07, 6.45) is 2.89. The van der Waals surface area contributed by atoms with Crippen LogP contribution in [0.25, 0.3) is 11.6 Å². The minimum Gasteiger partial charge on any atom is -0.478 e. The number of rotatable bonds is 3. The van der Waals surface area contributed by atoms with Crippen molar-refractivity contribution in [2.75, 3.05) is 5.73 Å². The van der Waals surface area contributed by atoms with Gasteiger partial charge in [-0.3, -0.25) is 0 Å². The average Bonchev–Trinajstić information content (AvgIpc) is 2.84. The fourth-order valence-corrected chi connectivity index (χ4v) is 1.74. The summed E-state index contributed by atoms with van der Waals surface area (Å²) in [5.41, 5.74) is 5.85. The highest BCUT2D eigenvalue weighted by Gasteiger charge is 2.14. The molecule has 2 aromatic rings. The number of carbonyl (C=O) groups is 1. The van der Waals surface area contributed by atoms with Crippen molar-refractivity contribution in [1.29, 1.82) is 0 Å². The van der Waals surface area contributed by atoms with E-state index in [4.69, 9.17) is 15.3 Å². The van der Waals surface area contributed by atoms with Crippen LogP contribution < -0.4 is 5.73 Å². The number of thiazole rings is 1. The first-order chi connectivity index (χ1) is 7.66. The predicted octanol–water partition coefficient (Wildman–Crippen LogP) is 1.94. The van der Waals surface area contributed by atoms with Crippen molar-refractivity contribution in [3.8, 4) is 0 Å². The van der Waals surface area contributed by atoms with Crippen LogP contribution in [0.2, 0.25) is 0 Å². The van der Waals surface area contributed by atoms with Crippen molar-refractivity contribution in [2.45, 2.75) is 0 Å². The Kier molecular flexibility index (Phi) is 2.74. The molecule has 0 fully saturated rings. The zero-order valence-corrected chi connectivity index (χ0v) is 8.90. The number of aromatic nitrogens is 1. The molecule has 0 aromatic carbocycles. The van der Waals surface area contributed by atoms with E-state index in [9.17, 15) is 4.79 Å². The standard InChI is InChI=1S/C10H8N2O3S/c11-10-12-8(5-16-10)7(9(13)14)4-6-2-1-3-15-6/h1-5H,(H2,11,12)(H,13,14)/b7-4-. The number of nitrogens with two attached hydrogens (primary N) is 1. The SMILES string of the molecule is Nc1nc(/C(=C/c2ccco2)C(=O)O)cs1. The fourth-order valence-electron chi connectivity index (χ4n) is 1.17. The predicted molar refractivity (Wildman–Crippen MR) is 60.7 cm³/mol. The Labute approximate surface area is 94.8 Å². The number of aliphatic carboxylic acids is 1. The molecule has 2 rings (SSSR count). The van der Waals surface area contributed by atoms with Gasteiger partial charge in [0.15, 0.2) is 5.13 Å². The van der Waals surface area contributed by atoms with Gasteiger partial charge in [0, 0.05) is 5.38 Å². The first-order valence-corrected chi connectivity index (χ1v) is 5.24. The zero-order valence-electron chi connectivity index (χ0n) is 8.08. The Hall–Kier alpha value is -2.08. The van der Waals surface area contributed by atoms with Crippen LogP contribution in [0.4, 0.5) is 5.13 Å². The lowest BCUT2D eigenvalue weighted by Crippen LogP contribution is -2.00. The smallest absolute Gasteiger partial charge is 0.338 e. The van der Waals surface area contributed by atoms with Crippen molar-refractivity contribution in [3.05, 3.63) is 35.2 Å². The normalized spacial score (nSPS) is 11.6. The second kappa shape index (κ2) is 4.19. The molecule has 2 heterocycles. The molecule has 3 N–H and O–H groups in total. The van der Waals surface area contributed by atoms with Gasteiger partial charge in [-0.25, -0.2) is 9.78 Å². The summed E-state index contributed by atoms with van der Waals surface area (Å²) in [5, 5.41) is 11.0. The number of anilines is 1. The van der Waals surface area contributed by atoms with Crippen LogP contribution >= 0.6 is 11.3 Å². The lowest BCUT2D eigenvalue weighted by molar-refractivity contribution is -0.130. The summed E-state index contributed by atoms with van der Waals surface area (Å²) in [6.45, 7) is 0. The molecule has 0 amide bonds. The Morgan fingerprint density at radius 3 is 2.94 bits per heavy atom. The molecule has 82 valence electrons. The third-order valence-corrected chi connectivity index (χ3v) is 2.53. The molecule has 0 bridgehead atoms. The molecule has 0 aliphatic carbocycles. The molecule has 0 spiro atoms. The van der Waals surface area contributed by atoms with Gasteiger partial charge in [-0.1, -0.05) is 0 Å². The third-order valence-electron chi connectivity index (χ3n) is 1.86. The van der Waals surface area contributed by atoms with Crippen molar-refractivity contribution in [3.63, 3.8) is 0 Å². The number of carboxylic acid groups (broad SMARTS) is 1. The lowest BCUT2D eigenvalue weighted by atomic mass is 10.2. The van der Waals surface area contributed by atoms with Gasteiger partial charge in [-0.05, 0) is 18.2 Å². The number of hydrogen-bond donors (Lipinski definition) is 2. The maximum Gasteiger partial charge on any atom is 0.338 e. The molecule has 2 aromatic heterocycles. The van der Waals surface area contributed by atoms with E-state index < -0.39 is 5.97 Å². The third kappa shape index (κ3) is 2.12. The minimum atomic E-state index is -1.07. The van der Waals surface area contributed by atoms with Crippen LogP contribution in [0.1, 0.15) is 11.5 Å². The first-order valence-electron chi connectivity index (χ1n) is 4.36. The maximum atomic E-state index is 11.0. The minimum absolute atomic E-state index is 0.0582. The monoisotopic (exact) mass is 236 g/mol. The fraction of sp³-hybridized carbons (Fsp3) is 0. The Balaban J connectivity index is 2.42. The number of nitrogen functional groups attached to an aromatic ring is 1. The number of carboxylic acids is 1. The molecule has 5 nitrogen and oxygen atoms in total. The highest BCUT2D eigenvalue weighted by Crippen LogP contribution is 2.22. The Morgan fingerprint density at radius 2 is 2.44 bits per heavy atom. The second-order valence-corrected chi connectivity index (χ2v) is 3.84. The summed E-state index contributed by atoms with van der Waals surface area (Å²) in [7, 11) is 0. The topological polar surface area (TPSA) is 89.4 Å². The van der Waals surface area contributed by atoms with E-state index in [0.717, 1.165) is 0 Å². The second-order valence-electron chi connectivity index (χ2n) is 2.95. The molecule has 0 aliphatic rings. The van der Waals surface area contributed by atoms with Gasteiger partial charge >= 0.3 is 5.97 Å². The molecule has 0 atom stereocenters. The van der Waals surface area contributed by atoms with E-state index in [-0.39, 0.29) is 5.57 Å². The van der Waals surface area contributed by atoms with Crippen molar-refractivity contribution in [2.24, 2.45) is 0 Å². The van der Waals surface area contributed by atoms with Gasteiger partial charge in [0.1, 0.15) is 5.76 Å². The molecule has 0 aliphatic heterocycles. The molecular formula is C10H8N2O3S. The largest absolute Gasteiger partial charge is 0.478 e. The summed E-state index contributed by atoms with van der Waals surface area (Å²) in [6, 6.07) is 3.35. The van der Waals surface area contributed by atoms with Crippen molar-refractivity contribution in [1.82, 2.24) is 4.98 Å². The van der Waals surface area contributed by atoms with E-state index in [1.165, 1.54) is 23.7 Å². The molecule has 0 saturated heterocycles. The quantitative estimate of drug-likeness (QED) is 0.795. The summed E-state index contributed by atoms with van der Waals surface area (Å²) < 4.78 is 5.05. The van der Waals surface area contributed by atoms with Crippen LogP contribution in [-0.4, -0.2) is 16.1 Å². The van der Waals surface area contributed by atoms with Gasteiger partial charge in [0.05, 0.1) is 17.5 Å². The van der Waals surface area contributed by atoms with Crippen LogP contribution in [0.3, 0.4) is 0 Å². The number of hydrogen-bond acceptors (Lipinski definition) is 5. The molecule has 16 heavy (non-hydrogen) atoms. The van der Waals surface area contributed by atoms with Gasteiger partial charge in [-0.2, -0.15) is 0 Å². The Bertz CT molecular complexity index is 528. The van der Waals surface area contributed by atoms with Gasteiger partial charge in [0.25, 0.3) is 0 Å². The molecule has 0 unspecified atom stereocenters. The van der Waals surface area contributed by atoms with Crippen LogP contribution in [0.5, 0.6) is 0 Å². The summed E-state index contributed by atoms with van der Waals surface area (Å²) in [5.74, 6) is -0.606. The van der Waals surface area contributed by atoms with Gasteiger partial charge < -0.3 is 15.3 Å². The van der Waals surface area contributed by atoms with E-state index in [1.54, 1.807) is 17.5 Å². The van der Waals surface area contributed by atoms with Crippen LogP contribution in [0, 0.1) is 0 Å². The highest BCUT2D eigenvalue weighted by atomic mass is 32.1. The van der Waals surface area contributed by atoms with Crippen LogP contribution in [-0.2, 0) is 4.79 Å². The summed E-state index contributed by atoms with van der Waals surface area (Å²) in [4.78, 5) is 15.0. The molecule has 0 radical (unpaired) electrons. The van der Waals surface area contributed by atoms with E-state index in [2.05, 4.69) is 4.98 Å². The average molecular weight is 236 g/mol. The number of furan rings is 1. The van der Waals surface area contributed by atoms with Crippen molar-refractivity contribution < 1.29 is 14.3 Å². The van der Waals surface area contributed by atoms with E-state index >= 15 is 0 Å². The van der Waals surface area contributed by atoms with E-state index in [0.29, 0.717) is 16.6 Å². The van der Waals surface area contributed by atoms with Gasteiger partial charge in [0.2, 0.25) is 0 Å². The number of nitrogens with zero attached hydrogens (tertiary/aromatic N) is 1. The zero-order chi connectivity index (χ0) is 11.5. The molecular weight excluding hydrogens is 228 g/mol. The lowest BCUT2D eigenvalue weighted by Gasteiger charge is -1.96.